The molecule has 0 saturated carbocycles. The molecule has 12 heavy (non-hydrogen) atoms. The lowest BCUT2D eigenvalue weighted by Crippen LogP contribution is -2.53. The summed E-state index contributed by atoms with van der Waals surface area (Å²) in [6.07, 6.45) is 0.0590. The van der Waals surface area contributed by atoms with E-state index in [1.54, 1.807) is 0 Å². The molecule has 0 aromatic rings. The molecule has 0 fully saturated rings. The van der Waals surface area contributed by atoms with Crippen molar-refractivity contribution in [2.24, 2.45) is 17.2 Å². The normalized spacial score (nSPS) is 15.6. The Morgan fingerprint density at radius 2 is 2.17 bits per heavy atom. The van der Waals surface area contributed by atoms with Crippen LogP contribution < -0.4 is 17.2 Å². The second-order valence-electron chi connectivity index (χ2n) is 2.85. The number of nitrogens with two attached hydrogens (primary N) is 3. The van der Waals surface area contributed by atoms with Crippen LogP contribution in [0.2, 0.25) is 0 Å². The van der Waals surface area contributed by atoms with Gasteiger partial charge in [0.2, 0.25) is 5.91 Å². The fourth-order valence-electron chi connectivity index (χ4n) is 0.834. The summed E-state index contributed by atoms with van der Waals surface area (Å²) in [6, 6.07) is 0. The minimum Gasteiger partial charge on any atom is -0.380 e. The van der Waals surface area contributed by atoms with Gasteiger partial charge in [-0.15, -0.1) is 0 Å². The topological polar surface area (TPSA) is 104 Å². The van der Waals surface area contributed by atoms with Gasteiger partial charge < -0.3 is 21.9 Å². The number of carbonyl (C=O) groups is 1. The average Bonchev–Trinajstić information content (AvgIpc) is 2.00. The van der Waals surface area contributed by atoms with Crippen molar-refractivity contribution >= 4 is 5.91 Å². The summed E-state index contributed by atoms with van der Waals surface area (Å²) >= 11 is 0. The Hall–Kier alpha value is -0.650. The summed E-state index contributed by atoms with van der Waals surface area (Å²) in [5, 5.41) is 0. The van der Waals surface area contributed by atoms with Crippen LogP contribution in [0.3, 0.4) is 0 Å². The first-order chi connectivity index (χ1) is 5.54. The Morgan fingerprint density at radius 3 is 2.50 bits per heavy atom. The van der Waals surface area contributed by atoms with Crippen LogP contribution in [-0.4, -0.2) is 31.2 Å². The lowest BCUT2D eigenvalue weighted by molar-refractivity contribution is -0.119. The van der Waals surface area contributed by atoms with E-state index in [2.05, 4.69) is 0 Å². The molecule has 0 spiro atoms. The first-order valence-electron chi connectivity index (χ1n) is 3.89. The van der Waals surface area contributed by atoms with Gasteiger partial charge in [0.05, 0.1) is 12.1 Å². The van der Waals surface area contributed by atoms with E-state index in [0.717, 1.165) is 0 Å². The number of carbonyl (C=O) groups excluding carboxylic acids is 1. The third kappa shape index (κ3) is 4.27. The monoisotopic (exact) mass is 175 g/mol. The summed E-state index contributed by atoms with van der Waals surface area (Å²) in [4.78, 5) is 10.6. The van der Waals surface area contributed by atoms with E-state index in [0.29, 0.717) is 6.61 Å². The molecule has 0 aliphatic carbocycles. The van der Waals surface area contributed by atoms with E-state index < -0.39 is 11.4 Å². The Bertz CT molecular complexity index is 152. The van der Waals surface area contributed by atoms with Crippen LogP contribution in [0.5, 0.6) is 0 Å². The van der Waals surface area contributed by atoms with Gasteiger partial charge in [-0.05, 0) is 6.92 Å². The molecule has 0 saturated heterocycles. The molecule has 5 nitrogen and oxygen atoms in total. The standard InChI is InChI=1S/C7H17N3O2/c1-2-12-5-7(10,4-8)3-6(9)11/h2-5,8,10H2,1H3,(H2,9,11). The zero-order valence-corrected chi connectivity index (χ0v) is 7.38. The van der Waals surface area contributed by atoms with Crippen LogP contribution in [0.15, 0.2) is 0 Å². The molecule has 0 aromatic carbocycles. The molecule has 0 heterocycles. The fraction of sp³-hybridized carbons (Fsp3) is 0.857. The maximum Gasteiger partial charge on any atom is 0.219 e. The number of ether oxygens (including phenoxy) is 1. The molecule has 0 rings (SSSR count). The molecule has 72 valence electrons. The molecule has 0 aromatic heterocycles. The van der Waals surface area contributed by atoms with Gasteiger partial charge in [-0.1, -0.05) is 0 Å². The van der Waals surface area contributed by atoms with E-state index in [1.807, 2.05) is 6.92 Å². The molecule has 0 aliphatic rings. The molecule has 1 unspecified atom stereocenters. The summed E-state index contributed by atoms with van der Waals surface area (Å²) in [5.74, 6) is -0.456. The predicted octanol–water partition coefficient (Wildman–Crippen LogP) is -1.45. The highest BCUT2D eigenvalue weighted by Crippen LogP contribution is 2.04. The van der Waals surface area contributed by atoms with Crippen molar-refractivity contribution in [2.75, 3.05) is 19.8 Å². The van der Waals surface area contributed by atoms with E-state index >= 15 is 0 Å². The van der Waals surface area contributed by atoms with Crippen molar-refractivity contribution in [1.29, 1.82) is 0 Å². The Labute approximate surface area is 72.2 Å². The van der Waals surface area contributed by atoms with Crippen LogP contribution in [0, 0.1) is 0 Å². The van der Waals surface area contributed by atoms with E-state index in [1.165, 1.54) is 0 Å². The van der Waals surface area contributed by atoms with Crippen molar-refractivity contribution in [3.05, 3.63) is 0 Å². The SMILES string of the molecule is CCOCC(N)(CN)CC(N)=O. The number of amides is 1. The van der Waals surface area contributed by atoms with Crippen molar-refractivity contribution in [3.63, 3.8) is 0 Å². The molecule has 1 atom stereocenters. The summed E-state index contributed by atoms with van der Waals surface area (Å²) in [6.45, 7) is 2.86. The molecule has 6 N–H and O–H groups in total. The first kappa shape index (κ1) is 11.4. The van der Waals surface area contributed by atoms with Gasteiger partial charge >= 0.3 is 0 Å². The number of hydrogen-bond acceptors (Lipinski definition) is 4. The van der Waals surface area contributed by atoms with Crippen LogP contribution in [0.1, 0.15) is 13.3 Å². The molecule has 0 radical (unpaired) electrons. The molecule has 1 amide bonds. The maximum atomic E-state index is 10.6. The average molecular weight is 175 g/mol. The quantitative estimate of drug-likeness (QED) is 0.459. The molecule has 0 aliphatic heterocycles. The highest BCUT2D eigenvalue weighted by atomic mass is 16.5. The van der Waals surface area contributed by atoms with Gasteiger partial charge in [0.15, 0.2) is 0 Å². The predicted molar refractivity (Wildman–Crippen MR) is 46.3 cm³/mol. The van der Waals surface area contributed by atoms with Gasteiger partial charge in [0, 0.05) is 19.6 Å². The zero-order valence-electron chi connectivity index (χ0n) is 7.38. The highest BCUT2D eigenvalue weighted by Gasteiger charge is 2.25. The van der Waals surface area contributed by atoms with Crippen LogP contribution in [0.4, 0.5) is 0 Å². The highest BCUT2D eigenvalue weighted by molar-refractivity contribution is 5.75. The molecule has 5 heteroatoms. The van der Waals surface area contributed by atoms with Crippen LogP contribution in [0.25, 0.3) is 0 Å². The van der Waals surface area contributed by atoms with E-state index in [-0.39, 0.29) is 19.6 Å². The van der Waals surface area contributed by atoms with E-state index in [4.69, 9.17) is 21.9 Å². The van der Waals surface area contributed by atoms with Crippen molar-refractivity contribution < 1.29 is 9.53 Å². The van der Waals surface area contributed by atoms with Gasteiger partial charge in [0.25, 0.3) is 0 Å². The van der Waals surface area contributed by atoms with Gasteiger partial charge in [0.1, 0.15) is 0 Å². The zero-order chi connectivity index (χ0) is 9.61. The number of hydrogen-bond donors (Lipinski definition) is 3. The van der Waals surface area contributed by atoms with Gasteiger partial charge in [-0.2, -0.15) is 0 Å². The second kappa shape index (κ2) is 5.08. The fourth-order valence-corrected chi connectivity index (χ4v) is 0.834. The summed E-state index contributed by atoms with van der Waals surface area (Å²) < 4.78 is 5.08. The van der Waals surface area contributed by atoms with Crippen molar-refractivity contribution in [2.45, 2.75) is 18.9 Å². The van der Waals surface area contributed by atoms with Crippen LogP contribution in [-0.2, 0) is 9.53 Å². The summed E-state index contributed by atoms with van der Waals surface area (Å²) in [5.41, 5.74) is 15.3. The minimum absolute atomic E-state index is 0.0590. The van der Waals surface area contributed by atoms with Crippen molar-refractivity contribution in [1.82, 2.24) is 0 Å². The first-order valence-corrected chi connectivity index (χ1v) is 3.89. The third-order valence-corrected chi connectivity index (χ3v) is 1.53. The van der Waals surface area contributed by atoms with Crippen LogP contribution >= 0.6 is 0 Å². The minimum atomic E-state index is -0.804. The van der Waals surface area contributed by atoms with E-state index in [9.17, 15) is 4.79 Å². The molecular formula is C7H17N3O2. The Kier molecular flexibility index (Phi) is 4.80. The third-order valence-electron chi connectivity index (χ3n) is 1.53. The lowest BCUT2D eigenvalue weighted by Gasteiger charge is -2.25. The number of rotatable bonds is 6. The summed E-state index contributed by atoms with van der Waals surface area (Å²) in [7, 11) is 0. The molecule has 0 bridgehead atoms. The smallest absolute Gasteiger partial charge is 0.219 e. The Morgan fingerprint density at radius 1 is 1.58 bits per heavy atom. The van der Waals surface area contributed by atoms with Gasteiger partial charge in [-0.25, -0.2) is 0 Å². The van der Waals surface area contributed by atoms with Gasteiger partial charge in [-0.3, -0.25) is 4.79 Å². The Balaban J connectivity index is 3.95. The van der Waals surface area contributed by atoms with Crippen molar-refractivity contribution in [3.8, 4) is 0 Å². The lowest BCUT2D eigenvalue weighted by atomic mass is 9.98. The second-order valence-corrected chi connectivity index (χ2v) is 2.85. The molecular weight excluding hydrogens is 158 g/mol. The maximum absolute atomic E-state index is 10.6. The largest absolute Gasteiger partial charge is 0.380 e. The number of primary amides is 1.